The molecule has 0 aromatic carbocycles. The minimum absolute atomic E-state index is 0.630. The molecule has 1 aliphatic heterocycles. The van der Waals surface area contributed by atoms with E-state index in [1.54, 1.807) is 0 Å². The number of rotatable bonds is 3. The first kappa shape index (κ1) is 10.0. The molecule has 0 radical (unpaired) electrons. The first-order valence-electron chi connectivity index (χ1n) is 5.15. The first-order valence-corrected chi connectivity index (χ1v) is 5.15. The number of nitrogens with zero attached hydrogens (tertiary/aromatic N) is 1. The monoisotopic (exact) mass is 170 g/mol. The summed E-state index contributed by atoms with van der Waals surface area (Å²) in [6.07, 6.45) is 4.20. The van der Waals surface area contributed by atoms with Crippen molar-refractivity contribution in [1.29, 1.82) is 0 Å². The summed E-state index contributed by atoms with van der Waals surface area (Å²) in [5, 5.41) is 3.29. The van der Waals surface area contributed by atoms with Gasteiger partial charge in [-0.25, -0.2) is 0 Å². The molecule has 1 fully saturated rings. The third-order valence-electron chi connectivity index (χ3n) is 2.94. The molecule has 1 heterocycles. The van der Waals surface area contributed by atoms with E-state index >= 15 is 0 Å². The summed E-state index contributed by atoms with van der Waals surface area (Å²) in [5.41, 5.74) is 0. The van der Waals surface area contributed by atoms with Crippen LogP contribution in [-0.2, 0) is 0 Å². The van der Waals surface area contributed by atoms with Gasteiger partial charge in [-0.05, 0) is 40.3 Å². The summed E-state index contributed by atoms with van der Waals surface area (Å²) >= 11 is 0. The highest BCUT2D eigenvalue weighted by Crippen LogP contribution is 2.16. The lowest BCUT2D eigenvalue weighted by Gasteiger charge is -2.35. The Bertz CT molecular complexity index is 125. The zero-order valence-electron chi connectivity index (χ0n) is 8.64. The Balaban J connectivity index is 2.28. The van der Waals surface area contributed by atoms with Crippen molar-refractivity contribution in [1.82, 2.24) is 10.2 Å². The van der Waals surface area contributed by atoms with Crippen LogP contribution in [0.2, 0.25) is 0 Å². The molecule has 1 rings (SSSR count). The quantitative estimate of drug-likeness (QED) is 0.690. The Morgan fingerprint density at radius 2 is 2.25 bits per heavy atom. The molecule has 0 amide bonds. The van der Waals surface area contributed by atoms with Gasteiger partial charge in [0.2, 0.25) is 0 Å². The Morgan fingerprint density at radius 3 is 2.83 bits per heavy atom. The number of likely N-dealkylation sites (N-methyl/N-ethyl adjacent to an activating group) is 1. The highest BCUT2D eigenvalue weighted by molar-refractivity contribution is 4.75. The Morgan fingerprint density at radius 1 is 1.50 bits per heavy atom. The number of nitrogens with one attached hydrogen (secondary N) is 1. The zero-order valence-corrected chi connectivity index (χ0v) is 8.64. The van der Waals surface area contributed by atoms with Crippen molar-refractivity contribution < 1.29 is 0 Å². The van der Waals surface area contributed by atoms with Crippen molar-refractivity contribution in [2.45, 2.75) is 45.2 Å². The Kier molecular flexibility index (Phi) is 4.02. The fraction of sp³-hybridized carbons (Fsp3) is 1.00. The number of likely N-dealkylation sites (tertiary alicyclic amines) is 1. The van der Waals surface area contributed by atoms with Gasteiger partial charge < -0.3 is 5.32 Å². The second-order valence-electron chi connectivity index (χ2n) is 4.03. The van der Waals surface area contributed by atoms with Crippen LogP contribution in [0.15, 0.2) is 0 Å². The van der Waals surface area contributed by atoms with E-state index in [-0.39, 0.29) is 0 Å². The molecule has 0 saturated carbocycles. The molecule has 0 bridgehead atoms. The minimum Gasteiger partial charge on any atom is -0.316 e. The lowest BCUT2D eigenvalue weighted by Crippen LogP contribution is -2.44. The average Bonchev–Trinajstić information content (AvgIpc) is 2.09. The largest absolute Gasteiger partial charge is 0.316 e. The van der Waals surface area contributed by atoms with Crippen LogP contribution in [-0.4, -0.2) is 37.1 Å². The van der Waals surface area contributed by atoms with Gasteiger partial charge in [0.15, 0.2) is 0 Å². The van der Waals surface area contributed by atoms with E-state index in [4.69, 9.17) is 0 Å². The van der Waals surface area contributed by atoms with Crippen molar-refractivity contribution in [2.75, 3.05) is 20.1 Å². The summed E-state index contributed by atoms with van der Waals surface area (Å²) in [4.78, 5) is 2.60. The molecule has 0 aromatic heterocycles. The van der Waals surface area contributed by atoms with Gasteiger partial charge in [-0.1, -0.05) is 6.42 Å². The molecule has 2 atom stereocenters. The van der Waals surface area contributed by atoms with Crippen LogP contribution in [0.1, 0.15) is 33.1 Å². The smallest absolute Gasteiger partial charge is 0.0163 e. The standard InChI is InChI=1S/C10H22N2/c1-9(11-3)8-12-7-5-4-6-10(12)2/h9-11H,4-8H2,1-3H3. The van der Waals surface area contributed by atoms with Gasteiger partial charge in [-0.15, -0.1) is 0 Å². The number of hydrogen-bond donors (Lipinski definition) is 1. The number of hydrogen-bond acceptors (Lipinski definition) is 2. The molecule has 0 aliphatic carbocycles. The highest BCUT2D eigenvalue weighted by Gasteiger charge is 2.18. The second-order valence-corrected chi connectivity index (χ2v) is 4.03. The Labute approximate surface area is 76.3 Å². The van der Waals surface area contributed by atoms with Gasteiger partial charge >= 0.3 is 0 Å². The molecular formula is C10H22N2. The fourth-order valence-corrected chi connectivity index (χ4v) is 1.87. The first-order chi connectivity index (χ1) is 5.74. The van der Waals surface area contributed by atoms with E-state index < -0.39 is 0 Å². The summed E-state index contributed by atoms with van der Waals surface area (Å²) in [6, 6.07) is 1.43. The molecule has 0 aromatic rings. The van der Waals surface area contributed by atoms with Crippen molar-refractivity contribution in [2.24, 2.45) is 0 Å². The van der Waals surface area contributed by atoms with Gasteiger partial charge in [0.1, 0.15) is 0 Å². The van der Waals surface area contributed by atoms with E-state index in [9.17, 15) is 0 Å². The average molecular weight is 170 g/mol. The second kappa shape index (κ2) is 4.83. The van der Waals surface area contributed by atoms with Crippen molar-refractivity contribution >= 4 is 0 Å². The molecule has 2 heteroatoms. The third kappa shape index (κ3) is 2.76. The van der Waals surface area contributed by atoms with Crippen molar-refractivity contribution in [3.05, 3.63) is 0 Å². The topological polar surface area (TPSA) is 15.3 Å². The maximum atomic E-state index is 3.29. The molecule has 1 saturated heterocycles. The minimum atomic E-state index is 0.630. The van der Waals surface area contributed by atoms with E-state index in [1.807, 2.05) is 7.05 Å². The molecule has 2 nitrogen and oxygen atoms in total. The van der Waals surface area contributed by atoms with Crippen molar-refractivity contribution in [3.63, 3.8) is 0 Å². The molecule has 12 heavy (non-hydrogen) atoms. The van der Waals surface area contributed by atoms with Crippen LogP contribution in [0.5, 0.6) is 0 Å². The van der Waals surface area contributed by atoms with Gasteiger partial charge in [-0.2, -0.15) is 0 Å². The van der Waals surface area contributed by atoms with Crippen molar-refractivity contribution in [3.8, 4) is 0 Å². The van der Waals surface area contributed by atoms with Gasteiger partial charge in [0, 0.05) is 18.6 Å². The summed E-state index contributed by atoms with van der Waals surface area (Å²) in [6.45, 7) is 7.10. The molecular weight excluding hydrogens is 148 g/mol. The van der Waals surface area contributed by atoms with E-state index in [2.05, 4.69) is 24.1 Å². The predicted octanol–water partition coefficient (Wildman–Crippen LogP) is 1.47. The molecule has 72 valence electrons. The highest BCUT2D eigenvalue weighted by atomic mass is 15.2. The van der Waals surface area contributed by atoms with E-state index in [1.165, 1.54) is 32.4 Å². The fourth-order valence-electron chi connectivity index (χ4n) is 1.87. The SMILES string of the molecule is CNC(C)CN1CCCCC1C. The van der Waals surface area contributed by atoms with E-state index in [0.717, 1.165) is 6.04 Å². The van der Waals surface area contributed by atoms with Crippen LogP contribution in [0.3, 0.4) is 0 Å². The molecule has 2 unspecified atom stereocenters. The predicted molar refractivity (Wildman–Crippen MR) is 53.4 cm³/mol. The van der Waals surface area contributed by atoms with Crippen LogP contribution < -0.4 is 5.32 Å². The normalized spacial score (nSPS) is 28.8. The van der Waals surface area contributed by atoms with Crippen LogP contribution in [0, 0.1) is 0 Å². The molecule has 1 aliphatic rings. The zero-order chi connectivity index (χ0) is 8.97. The molecule has 1 N–H and O–H groups in total. The third-order valence-corrected chi connectivity index (χ3v) is 2.94. The summed E-state index contributed by atoms with van der Waals surface area (Å²) < 4.78 is 0. The summed E-state index contributed by atoms with van der Waals surface area (Å²) in [7, 11) is 2.04. The van der Waals surface area contributed by atoms with Gasteiger partial charge in [0.25, 0.3) is 0 Å². The maximum Gasteiger partial charge on any atom is 0.0163 e. The lowest BCUT2D eigenvalue weighted by molar-refractivity contribution is 0.149. The van der Waals surface area contributed by atoms with Crippen LogP contribution in [0.25, 0.3) is 0 Å². The van der Waals surface area contributed by atoms with Gasteiger partial charge in [0.05, 0.1) is 0 Å². The van der Waals surface area contributed by atoms with Crippen LogP contribution in [0.4, 0.5) is 0 Å². The van der Waals surface area contributed by atoms with E-state index in [0.29, 0.717) is 6.04 Å². The molecule has 0 spiro atoms. The number of piperidine rings is 1. The lowest BCUT2D eigenvalue weighted by atomic mass is 10.0. The van der Waals surface area contributed by atoms with Crippen LogP contribution >= 0.6 is 0 Å². The Hall–Kier alpha value is -0.0800. The van der Waals surface area contributed by atoms with Gasteiger partial charge in [-0.3, -0.25) is 4.90 Å². The summed E-state index contributed by atoms with van der Waals surface area (Å²) in [5.74, 6) is 0. The maximum absolute atomic E-state index is 3.29.